The molecule has 1 aromatic rings. The summed E-state index contributed by atoms with van der Waals surface area (Å²) in [5.41, 5.74) is 2.16. The van der Waals surface area contributed by atoms with Crippen LogP contribution in [0, 0.1) is 5.92 Å². The summed E-state index contributed by atoms with van der Waals surface area (Å²) in [4.78, 5) is 2.53. The van der Waals surface area contributed by atoms with Crippen molar-refractivity contribution in [3.8, 4) is 0 Å². The lowest BCUT2D eigenvalue weighted by Gasteiger charge is -2.31. The lowest BCUT2D eigenvalue weighted by molar-refractivity contribution is 0.190. The largest absolute Gasteiger partial charge is 0.311 e. The van der Waals surface area contributed by atoms with E-state index in [1.807, 2.05) is 4.68 Å². The van der Waals surface area contributed by atoms with Gasteiger partial charge in [-0.1, -0.05) is 25.4 Å². The lowest BCUT2D eigenvalue weighted by Crippen LogP contribution is -2.37. The van der Waals surface area contributed by atoms with Crippen LogP contribution >= 0.6 is 11.6 Å². The highest BCUT2D eigenvalue weighted by Gasteiger charge is 2.18. The lowest BCUT2D eigenvalue weighted by atomic mass is 9.97. The van der Waals surface area contributed by atoms with Crippen LogP contribution in [0.5, 0.6) is 0 Å². The van der Waals surface area contributed by atoms with Crippen molar-refractivity contribution in [2.24, 2.45) is 5.92 Å². The molecule has 0 unspecified atom stereocenters. The molecular formula is C16H29ClN4. The maximum absolute atomic E-state index is 6.44. The highest BCUT2D eigenvalue weighted by Crippen LogP contribution is 2.22. The number of rotatable bonds is 7. The number of hydrogen-bond acceptors (Lipinski definition) is 3. The molecule has 1 N–H and O–H groups in total. The average molecular weight is 313 g/mol. The van der Waals surface area contributed by atoms with E-state index >= 15 is 0 Å². The van der Waals surface area contributed by atoms with Gasteiger partial charge in [0.2, 0.25) is 0 Å². The summed E-state index contributed by atoms with van der Waals surface area (Å²) in [7, 11) is 0. The smallest absolute Gasteiger partial charge is 0.0863 e. The van der Waals surface area contributed by atoms with Gasteiger partial charge in [0.1, 0.15) is 0 Å². The number of aromatic nitrogens is 2. The van der Waals surface area contributed by atoms with Crippen LogP contribution in [0.3, 0.4) is 0 Å². The zero-order valence-corrected chi connectivity index (χ0v) is 14.4. The van der Waals surface area contributed by atoms with Crippen LogP contribution in [0.15, 0.2) is 0 Å². The number of aryl methyl sites for hydroxylation is 2. The molecule has 1 fully saturated rings. The molecule has 0 atom stereocenters. The van der Waals surface area contributed by atoms with E-state index in [-0.39, 0.29) is 0 Å². The van der Waals surface area contributed by atoms with Gasteiger partial charge in [-0.15, -0.1) is 0 Å². The van der Waals surface area contributed by atoms with Gasteiger partial charge in [-0.2, -0.15) is 5.10 Å². The fourth-order valence-corrected chi connectivity index (χ4v) is 3.42. The van der Waals surface area contributed by atoms with E-state index in [2.05, 4.69) is 36.1 Å². The van der Waals surface area contributed by atoms with Crippen LogP contribution in [0.2, 0.25) is 5.02 Å². The summed E-state index contributed by atoms with van der Waals surface area (Å²) < 4.78 is 2.04. The molecule has 1 saturated heterocycles. The summed E-state index contributed by atoms with van der Waals surface area (Å²) >= 11 is 6.44. The first-order chi connectivity index (χ1) is 10.2. The molecule has 0 radical (unpaired) electrons. The van der Waals surface area contributed by atoms with Crippen molar-refractivity contribution in [2.45, 2.75) is 53.1 Å². The standard InChI is InChI=1S/C16H29ClN4/c1-4-14-16(17)15(21(6-3)19-14)12-18-11-13-7-9-20(5-2)10-8-13/h13,18H,4-12H2,1-3H3. The number of nitrogens with zero attached hydrogens (tertiary/aromatic N) is 3. The van der Waals surface area contributed by atoms with Crippen molar-refractivity contribution in [2.75, 3.05) is 26.2 Å². The summed E-state index contributed by atoms with van der Waals surface area (Å²) in [6, 6.07) is 0. The van der Waals surface area contributed by atoms with Gasteiger partial charge >= 0.3 is 0 Å². The summed E-state index contributed by atoms with van der Waals surface area (Å²) in [5, 5.41) is 9.02. The first-order valence-corrected chi connectivity index (χ1v) is 8.74. The Morgan fingerprint density at radius 1 is 1.19 bits per heavy atom. The molecule has 0 amide bonds. The van der Waals surface area contributed by atoms with Crippen LogP contribution in [0.4, 0.5) is 0 Å². The molecule has 1 aliphatic heterocycles. The van der Waals surface area contributed by atoms with Gasteiger partial charge in [-0.25, -0.2) is 0 Å². The average Bonchev–Trinajstić information content (AvgIpc) is 2.84. The van der Waals surface area contributed by atoms with Crippen molar-refractivity contribution < 1.29 is 0 Å². The van der Waals surface area contributed by atoms with E-state index in [0.717, 1.165) is 48.4 Å². The van der Waals surface area contributed by atoms with Crippen LogP contribution in [-0.4, -0.2) is 40.9 Å². The topological polar surface area (TPSA) is 33.1 Å². The summed E-state index contributed by atoms with van der Waals surface area (Å²) in [6.45, 7) is 12.9. The molecule has 0 bridgehead atoms. The Hall–Kier alpha value is -0.580. The molecule has 1 aliphatic rings. The van der Waals surface area contributed by atoms with E-state index in [9.17, 15) is 0 Å². The highest BCUT2D eigenvalue weighted by molar-refractivity contribution is 6.31. The van der Waals surface area contributed by atoms with Crippen molar-refractivity contribution in [3.05, 3.63) is 16.4 Å². The third kappa shape index (κ3) is 4.21. The Bertz CT molecular complexity index is 436. The Labute approximate surface area is 133 Å². The second-order valence-corrected chi connectivity index (χ2v) is 6.26. The number of likely N-dealkylation sites (tertiary alicyclic amines) is 1. The molecule has 0 saturated carbocycles. The Morgan fingerprint density at radius 2 is 1.90 bits per heavy atom. The van der Waals surface area contributed by atoms with Crippen molar-refractivity contribution >= 4 is 11.6 Å². The minimum atomic E-state index is 0.801. The first kappa shape index (κ1) is 16.8. The minimum absolute atomic E-state index is 0.801. The third-order valence-electron chi connectivity index (χ3n) is 4.57. The molecule has 5 heteroatoms. The van der Waals surface area contributed by atoms with Crippen LogP contribution < -0.4 is 5.32 Å². The SMILES string of the molecule is CCc1nn(CC)c(CNCC2CCN(CC)CC2)c1Cl. The molecule has 0 aliphatic carbocycles. The zero-order chi connectivity index (χ0) is 15.2. The predicted molar refractivity (Wildman–Crippen MR) is 88.8 cm³/mol. The Balaban J connectivity index is 1.82. The second kappa shape index (κ2) is 8.16. The van der Waals surface area contributed by atoms with Gasteiger partial charge in [0.15, 0.2) is 0 Å². The second-order valence-electron chi connectivity index (χ2n) is 5.89. The normalized spacial score (nSPS) is 17.5. The Morgan fingerprint density at radius 3 is 2.48 bits per heavy atom. The molecule has 1 aromatic heterocycles. The molecular weight excluding hydrogens is 284 g/mol. The fraction of sp³-hybridized carbons (Fsp3) is 0.812. The Kier molecular flexibility index (Phi) is 6.52. The van der Waals surface area contributed by atoms with Crippen LogP contribution in [-0.2, 0) is 19.5 Å². The number of hydrogen-bond donors (Lipinski definition) is 1. The molecule has 2 rings (SSSR count). The quantitative estimate of drug-likeness (QED) is 0.840. The first-order valence-electron chi connectivity index (χ1n) is 8.36. The number of nitrogens with one attached hydrogen (secondary N) is 1. The van der Waals surface area contributed by atoms with Crippen molar-refractivity contribution in [1.29, 1.82) is 0 Å². The van der Waals surface area contributed by atoms with Gasteiger partial charge < -0.3 is 10.2 Å². The minimum Gasteiger partial charge on any atom is -0.311 e. The third-order valence-corrected chi connectivity index (χ3v) is 5.01. The predicted octanol–water partition coefficient (Wildman–Crippen LogP) is 2.94. The summed E-state index contributed by atoms with van der Waals surface area (Å²) in [6.07, 6.45) is 3.51. The van der Waals surface area contributed by atoms with Gasteiger partial charge in [0, 0.05) is 13.1 Å². The zero-order valence-electron chi connectivity index (χ0n) is 13.7. The molecule has 0 spiro atoms. The van der Waals surface area contributed by atoms with Gasteiger partial charge in [-0.3, -0.25) is 4.68 Å². The van der Waals surface area contributed by atoms with Crippen molar-refractivity contribution in [3.63, 3.8) is 0 Å². The van der Waals surface area contributed by atoms with Crippen molar-refractivity contribution in [1.82, 2.24) is 20.0 Å². The van der Waals surface area contributed by atoms with Crippen LogP contribution in [0.1, 0.15) is 45.0 Å². The number of halogens is 1. The maximum atomic E-state index is 6.44. The van der Waals surface area contributed by atoms with E-state index in [4.69, 9.17) is 11.6 Å². The molecule has 2 heterocycles. The molecule has 21 heavy (non-hydrogen) atoms. The van der Waals surface area contributed by atoms with E-state index in [0.29, 0.717) is 0 Å². The van der Waals surface area contributed by atoms with Gasteiger partial charge in [0.05, 0.1) is 16.4 Å². The highest BCUT2D eigenvalue weighted by atomic mass is 35.5. The van der Waals surface area contributed by atoms with E-state index in [1.54, 1.807) is 0 Å². The molecule has 0 aromatic carbocycles. The van der Waals surface area contributed by atoms with Crippen LogP contribution in [0.25, 0.3) is 0 Å². The van der Waals surface area contributed by atoms with Gasteiger partial charge in [-0.05, 0) is 58.3 Å². The number of piperidine rings is 1. The van der Waals surface area contributed by atoms with E-state index in [1.165, 1.54) is 32.5 Å². The molecule has 4 nitrogen and oxygen atoms in total. The monoisotopic (exact) mass is 312 g/mol. The van der Waals surface area contributed by atoms with Gasteiger partial charge in [0.25, 0.3) is 0 Å². The van der Waals surface area contributed by atoms with E-state index < -0.39 is 0 Å². The maximum Gasteiger partial charge on any atom is 0.0863 e. The fourth-order valence-electron chi connectivity index (χ4n) is 3.09. The molecule has 120 valence electrons. The summed E-state index contributed by atoms with van der Waals surface area (Å²) in [5.74, 6) is 0.801.